The van der Waals surface area contributed by atoms with Crippen LogP contribution in [0.3, 0.4) is 0 Å². The minimum absolute atomic E-state index is 0. The van der Waals surface area contributed by atoms with Gasteiger partial charge in [0, 0.05) is 49.5 Å². The molecule has 1 unspecified atom stereocenters. The van der Waals surface area contributed by atoms with Crippen molar-refractivity contribution in [3.05, 3.63) is 59.8 Å². The fourth-order valence-corrected chi connectivity index (χ4v) is 4.35. The van der Waals surface area contributed by atoms with Crippen LogP contribution in [0.15, 0.2) is 48.5 Å². The van der Waals surface area contributed by atoms with Crippen LogP contribution in [-0.4, -0.2) is 60.2 Å². The highest BCUT2D eigenvalue weighted by Gasteiger charge is 2.23. The number of halogens is 1. The van der Waals surface area contributed by atoms with Gasteiger partial charge in [-0.15, -0.1) is 12.4 Å². The van der Waals surface area contributed by atoms with E-state index in [1.165, 1.54) is 11.1 Å². The van der Waals surface area contributed by atoms with Crippen molar-refractivity contribution in [1.29, 1.82) is 0 Å². The number of benzene rings is 2. The first-order chi connectivity index (χ1) is 15.1. The third-order valence-corrected chi connectivity index (χ3v) is 6.01. The van der Waals surface area contributed by atoms with Gasteiger partial charge in [-0.05, 0) is 48.9 Å². The summed E-state index contributed by atoms with van der Waals surface area (Å²) in [6.45, 7) is 6.14. The van der Waals surface area contributed by atoms with Crippen molar-refractivity contribution >= 4 is 40.6 Å². The number of nitrogens with zero attached hydrogens (tertiary/aromatic N) is 3. The number of carbonyl (C=O) groups excluding carboxylic acids is 1. The van der Waals surface area contributed by atoms with Crippen molar-refractivity contribution in [3.63, 3.8) is 0 Å². The Kier molecular flexibility index (Phi) is 6.50. The molecule has 0 spiro atoms. The molecule has 0 bridgehead atoms. The fraction of sp³-hybridized carbons (Fsp3) is 0.333. The van der Waals surface area contributed by atoms with Crippen molar-refractivity contribution in [3.8, 4) is 5.75 Å². The summed E-state index contributed by atoms with van der Waals surface area (Å²) in [5.74, 6) is 0.470. The summed E-state index contributed by atoms with van der Waals surface area (Å²) < 4.78 is 5.40. The summed E-state index contributed by atoms with van der Waals surface area (Å²) in [5, 5.41) is 14.8. The number of aliphatic hydroxyl groups excluding tert-OH is 1. The van der Waals surface area contributed by atoms with E-state index in [1.807, 2.05) is 19.1 Å². The van der Waals surface area contributed by atoms with Crippen molar-refractivity contribution in [2.45, 2.75) is 13.0 Å². The Hall–Kier alpha value is -2.87. The molecule has 1 aromatic heterocycles. The number of β-amino-alcohol motifs (C(OH)–C–C–N with tert-alkyl or cyclic N) is 1. The van der Waals surface area contributed by atoms with E-state index in [2.05, 4.69) is 50.4 Å². The number of amides is 1. The molecule has 5 rings (SSSR count). The van der Waals surface area contributed by atoms with Gasteiger partial charge in [-0.3, -0.25) is 14.7 Å². The van der Waals surface area contributed by atoms with Crippen molar-refractivity contribution in [2.75, 3.05) is 49.5 Å². The SMILES string of the molecule is Cc1ccc2c(N3CCN(CC(O)c4ccc5c(c4)NC(=O)CO5)CC3)cccc2n1.Cl. The van der Waals surface area contributed by atoms with Gasteiger partial charge >= 0.3 is 0 Å². The first-order valence-electron chi connectivity index (χ1n) is 10.7. The summed E-state index contributed by atoms with van der Waals surface area (Å²) in [6.07, 6.45) is -0.625. The van der Waals surface area contributed by atoms with E-state index in [0.29, 0.717) is 18.0 Å². The Balaban J connectivity index is 0.00000245. The zero-order valence-electron chi connectivity index (χ0n) is 18.0. The Labute approximate surface area is 193 Å². The lowest BCUT2D eigenvalue weighted by molar-refractivity contribution is -0.118. The number of hydrogen-bond acceptors (Lipinski definition) is 6. The molecule has 2 N–H and O–H groups in total. The second-order valence-electron chi connectivity index (χ2n) is 8.19. The number of piperazine rings is 1. The number of nitrogens with one attached hydrogen (secondary N) is 1. The monoisotopic (exact) mass is 454 g/mol. The highest BCUT2D eigenvalue weighted by Crippen LogP contribution is 2.31. The number of ether oxygens (including phenoxy) is 1. The number of carbonyl (C=O) groups is 1. The Bertz CT molecular complexity index is 1130. The maximum absolute atomic E-state index is 11.6. The standard InChI is InChI=1S/C24H26N4O3.ClH/c1-16-5-7-18-19(25-16)3-2-4-21(18)28-11-9-27(10-12-28)14-22(29)17-6-8-23-20(13-17)26-24(30)15-31-23;/h2-8,13,22,29H,9-12,14-15H2,1H3,(H,26,30);1H. The van der Waals surface area contributed by atoms with Gasteiger partial charge in [0.1, 0.15) is 5.75 Å². The lowest BCUT2D eigenvalue weighted by Gasteiger charge is -2.37. The zero-order valence-corrected chi connectivity index (χ0v) is 18.8. The number of aryl methyl sites for hydroxylation is 1. The lowest BCUT2D eigenvalue weighted by atomic mass is 10.1. The largest absolute Gasteiger partial charge is 0.482 e. The fourth-order valence-electron chi connectivity index (χ4n) is 4.35. The Morgan fingerprint density at radius 3 is 2.75 bits per heavy atom. The summed E-state index contributed by atoms with van der Waals surface area (Å²) in [5.41, 5.74) is 4.67. The predicted molar refractivity (Wildman–Crippen MR) is 128 cm³/mol. The van der Waals surface area contributed by atoms with E-state index in [1.54, 1.807) is 6.07 Å². The highest BCUT2D eigenvalue weighted by atomic mass is 35.5. The maximum atomic E-state index is 11.6. The summed E-state index contributed by atoms with van der Waals surface area (Å²) >= 11 is 0. The molecule has 1 saturated heterocycles. The number of rotatable bonds is 4. The molecule has 2 aromatic carbocycles. The molecule has 7 nitrogen and oxygen atoms in total. The number of fused-ring (bicyclic) bond motifs is 2. The topological polar surface area (TPSA) is 77.9 Å². The van der Waals surface area contributed by atoms with Crippen LogP contribution in [0.5, 0.6) is 5.75 Å². The average molecular weight is 455 g/mol. The number of hydrogen-bond donors (Lipinski definition) is 2. The highest BCUT2D eigenvalue weighted by molar-refractivity contribution is 5.95. The van der Waals surface area contributed by atoms with Crippen molar-refractivity contribution in [2.24, 2.45) is 0 Å². The molecule has 8 heteroatoms. The van der Waals surface area contributed by atoms with Gasteiger partial charge in [0.2, 0.25) is 0 Å². The van der Waals surface area contributed by atoms with Crippen LogP contribution in [0.25, 0.3) is 10.9 Å². The molecule has 3 heterocycles. The number of anilines is 2. The van der Waals surface area contributed by atoms with E-state index in [4.69, 9.17) is 4.74 Å². The van der Waals surface area contributed by atoms with Crippen LogP contribution in [0.4, 0.5) is 11.4 Å². The van der Waals surface area contributed by atoms with E-state index in [9.17, 15) is 9.90 Å². The average Bonchev–Trinajstić information content (AvgIpc) is 2.78. The molecule has 32 heavy (non-hydrogen) atoms. The molecule has 0 saturated carbocycles. The van der Waals surface area contributed by atoms with Gasteiger partial charge in [-0.2, -0.15) is 0 Å². The normalized spacial score (nSPS) is 17.2. The number of pyridine rings is 1. The predicted octanol–water partition coefficient (Wildman–Crippen LogP) is 3.15. The van der Waals surface area contributed by atoms with Crippen LogP contribution in [-0.2, 0) is 4.79 Å². The lowest BCUT2D eigenvalue weighted by Crippen LogP contribution is -2.47. The van der Waals surface area contributed by atoms with Crippen molar-refractivity contribution < 1.29 is 14.6 Å². The molecular formula is C24H27ClN4O3. The van der Waals surface area contributed by atoms with Crippen LogP contribution in [0.1, 0.15) is 17.4 Å². The molecule has 0 aliphatic carbocycles. The van der Waals surface area contributed by atoms with Gasteiger partial charge in [0.15, 0.2) is 6.61 Å². The first-order valence-corrected chi connectivity index (χ1v) is 10.7. The van der Waals surface area contributed by atoms with E-state index < -0.39 is 6.10 Å². The van der Waals surface area contributed by atoms with Gasteiger partial charge in [0.05, 0.1) is 17.3 Å². The number of aromatic nitrogens is 1. The summed E-state index contributed by atoms with van der Waals surface area (Å²) in [7, 11) is 0. The zero-order chi connectivity index (χ0) is 21.4. The molecule has 168 valence electrons. The van der Waals surface area contributed by atoms with Gasteiger partial charge in [-0.1, -0.05) is 12.1 Å². The van der Waals surface area contributed by atoms with Crippen LogP contribution < -0.4 is 15.0 Å². The molecule has 1 atom stereocenters. The molecule has 0 radical (unpaired) electrons. The Morgan fingerprint density at radius 1 is 1.12 bits per heavy atom. The first kappa shape index (κ1) is 22.3. The van der Waals surface area contributed by atoms with E-state index in [0.717, 1.165) is 43.0 Å². The second-order valence-corrected chi connectivity index (χ2v) is 8.19. The minimum atomic E-state index is -0.625. The summed E-state index contributed by atoms with van der Waals surface area (Å²) in [4.78, 5) is 20.9. The third-order valence-electron chi connectivity index (χ3n) is 6.01. The van der Waals surface area contributed by atoms with E-state index >= 15 is 0 Å². The van der Waals surface area contributed by atoms with Crippen LogP contribution in [0.2, 0.25) is 0 Å². The van der Waals surface area contributed by atoms with Gasteiger partial charge in [0.25, 0.3) is 5.91 Å². The van der Waals surface area contributed by atoms with Crippen LogP contribution >= 0.6 is 12.4 Å². The second kappa shape index (κ2) is 9.32. The van der Waals surface area contributed by atoms with Crippen LogP contribution in [0, 0.1) is 6.92 Å². The molecule has 1 amide bonds. The minimum Gasteiger partial charge on any atom is -0.482 e. The molecule has 1 fully saturated rings. The third kappa shape index (κ3) is 4.50. The number of aliphatic hydroxyl groups is 1. The van der Waals surface area contributed by atoms with E-state index in [-0.39, 0.29) is 24.9 Å². The molecule has 2 aliphatic heterocycles. The Morgan fingerprint density at radius 2 is 1.94 bits per heavy atom. The summed E-state index contributed by atoms with van der Waals surface area (Å²) in [6, 6.07) is 16.0. The maximum Gasteiger partial charge on any atom is 0.262 e. The van der Waals surface area contributed by atoms with Gasteiger partial charge in [-0.25, -0.2) is 0 Å². The molecule has 3 aromatic rings. The molecular weight excluding hydrogens is 428 g/mol. The van der Waals surface area contributed by atoms with Gasteiger partial charge < -0.3 is 20.1 Å². The van der Waals surface area contributed by atoms with Crippen molar-refractivity contribution in [1.82, 2.24) is 9.88 Å². The molecule has 2 aliphatic rings. The smallest absolute Gasteiger partial charge is 0.262 e. The quantitative estimate of drug-likeness (QED) is 0.630.